The number of imide groups is 1. The molecule has 0 spiro atoms. The van der Waals surface area contributed by atoms with Crippen molar-refractivity contribution in [2.75, 3.05) is 13.6 Å². The molecule has 2 aliphatic carbocycles. The van der Waals surface area contributed by atoms with E-state index in [1.165, 1.54) is 7.05 Å². The van der Waals surface area contributed by atoms with Gasteiger partial charge in [0.05, 0.1) is 17.7 Å². The predicted octanol–water partition coefficient (Wildman–Crippen LogP) is 1.30. The number of amides is 3. The van der Waals surface area contributed by atoms with Gasteiger partial charge in [0.2, 0.25) is 15.9 Å². The minimum atomic E-state index is -3.47. The van der Waals surface area contributed by atoms with Gasteiger partial charge < -0.3 is 4.90 Å². The van der Waals surface area contributed by atoms with Gasteiger partial charge in [0.15, 0.2) is 0 Å². The van der Waals surface area contributed by atoms with E-state index < -0.39 is 21.2 Å². The highest BCUT2D eigenvalue weighted by Crippen LogP contribution is 2.39. The molecule has 1 aliphatic heterocycles. The second-order valence-electron chi connectivity index (χ2n) is 7.83. The van der Waals surface area contributed by atoms with E-state index in [1.807, 2.05) is 13.8 Å². The number of nitrogens with zero attached hydrogens (tertiary/aromatic N) is 2. The van der Waals surface area contributed by atoms with E-state index >= 15 is 0 Å². The van der Waals surface area contributed by atoms with Gasteiger partial charge >= 0.3 is 6.03 Å². The van der Waals surface area contributed by atoms with Crippen LogP contribution in [0.4, 0.5) is 4.79 Å². The zero-order chi connectivity index (χ0) is 19.1. The number of sulfonamides is 1. The van der Waals surface area contributed by atoms with E-state index in [2.05, 4.69) is 16.6 Å². The maximum Gasteiger partial charge on any atom is 0.327 e. The molecule has 3 unspecified atom stereocenters. The molecule has 0 aromatic carbocycles. The van der Waals surface area contributed by atoms with Crippen LogP contribution in [0.25, 0.3) is 0 Å². The summed E-state index contributed by atoms with van der Waals surface area (Å²) in [5, 5.41) is -0.588. The third-order valence-corrected chi connectivity index (χ3v) is 7.81. The average molecular weight is 381 g/mol. The molecule has 1 heterocycles. The first kappa shape index (κ1) is 19.2. The summed E-state index contributed by atoms with van der Waals surface area (Å²) in [7, 11) is -2.01. The second-order valence-corrected chi connectivity index (χ2v) is 9.79. The molecule has 3 amide bonds. The summed E-state index contributed by atoms with van der Waals surface area (Å²) >= 11 is 0. The van der Waals surface area contributed by atoms with Gasteiger partial charge in [0, 0.05) is 25.0 Å². The molecule has 1 N–H and O–H groups in total. The van der Waals surface area contributed by atoms with E-state index in [9.17, 15) is 18.0 Å². The van der Waals surface area contributed by atoms with Crippen LogP contribution in [0.3, 0.4) is 0 Å². The van der Waals surface area contributed by atoms with E-state index in [4.69, 9.17) is 0 Å². The Kier molecular flexibility index (Phi) is 5.06. The maximum atomic E-state index is 12.7. The number of nitrogens with one attached hydrogen (secondary N) is 1. The number of urea groups is 1. The highest BCUT2D eigenvalue weighted by Gasteiger charge is 2.51. The predicted molar refractivity (Wildman–Crippen MR) is 97.6 cm³/mol. The van der Waals surface area contributed by atoms with Gasteiger partial charge in [-0.15, -0.1) is 5.92 Å². The Balaban J connectivity index is 1.78. The Morgan fingerprint density at radius 3 is 2.54 bits per heavy atom. The lowest BCUT2D eigenvalue weighted by molar-refractivity contribution is -0.138. The number of rotatable bonds is 4. The number of hydrogen-bond acceptors (Lipinski definition) is 4. The summed E-state index contributed by atoms with van der Waals surface area (Å²) in [6.45, 7) is 4.12. The molecule has 8 heteroatoms. The fourth-order valence-electron chi connectivity index (χ4n) is 3.88. The minimum absolute atomic E-state index is 0.254. The minimum Gasteiger partial charge on any atom is -0.309 e. The third-order valence-electron chi connectivity index (χ3n) is 5.73. The van der Waals surface area contributed by atoms with Crippen molar-refractivity contribution < 1.29 is 18.0 Å². The molecule has 3 aliphatic rings. The van der Waals surface area contributed by atoms with E-state index in [1.54, 1.807) is 4.90 Å². The summed E-state index contributed by atoms with van der Waals surface area (Å²) < 4.78 is 28.2. The fraction of sp³-hybridized carbons (Fsp3) is 0.778. The lowest BCUT2D eigenvalue weighted by Gasteiger charge is -2.46. The van der Waals surface area contributed by atoms with Gasteiger partial charge in [0.1, 0.15) is 0 Å². The van der Waals surface area contributed by atoms with Crippen LogP contribution >= 0.6 is 0 Å². The molecule has 26 heavy (non-hydrogen) atoms. The summed E-state index contributed by atoms with van der Waals surface area (Å²) in [4.78, 5) is 27.9. The summed E-state index contributed by atoms with van der Waals surface area (Å²) in [5.41, 5.74) is -0.319. The number of carbonyl (C=O) groups is 2. The zero-order valence-corrected chi connectivity index (χ0v) is 16.4. The molecule has 144 valence electrons. The molecule has 3 atom stereocenters. The van der Waals surface area contributed by atoms with Crippen molar-refractivity contribution in [1.82, 2.24) is 14.5 Å². The molecule has 7 nitrogen and oxygen atoms in total. The van der Waals surface area contributed by atoms with Crippen LogP contribution < -0.4 is 4.72 Å². The van der Waals surface area contributed by atoms with Crippen LogP contribution in [-0.4, -0.2) is 60.6 Å². The SMILES string of the molecule is CCC#CCN1C(=O)N(C)C(=O)C2CC(S(=O)(=O)NC3(C)CC3)CCC21. The smallest absolute Gasteiger partial charge is 0.309 e. The van der Waals surface area contributed by atoms with Crippen LogP contribution in [0.15, 0.2) is 0 Å². The molecule has 3 fully saturated rings. The van der Waals surface area contributed by atoms with Gasteiger partial charge in [-0.3, -0.25) is 9.69 Å². The molecule has 0 aromatic heterocycles. The number of hydrogen-bond donors (Lipinski definition) is 1. The number of carbonyl (C=O) groups excluding carboxylic acids is 2. The molecule has 0 radical (unpaired) electrons. The van der Waals surface area contributed by atoms with Crippen molar-refractivity contribution in [3.8, 4) is 11.8 Å². The molecular formula is C18H27N3O4S. The Morgan fingerprint density at radius 1 is 1.23 bits per heavy atom. The molecule has 2 saturated carbocycles. The molecule has 3 rings (SSSR count). The first-order valence-corrected chi connectivity index (χ1v) is 10.8. The fourth-order valence-corrected chi connectivity index (χ4v) is 5.85. The largest absolute Gasteiger partial charge is 0.327 e. The van der Waals surface area contributed by atoms with E-state index in [0.717, 1.165) is 17.7 Å². The van der Waals surface area contributed by atoms with E-state index in [0.29, 0.717) is 19.3 Å². The third kappa shape index (κ3) is 3.60. The molecule has 1 saturated heterocycles. The number of fused-ring (bicyclic) bond motifs is 1. The van der Waals surface area contributed by atoms with Crippen LogP contribution in [0, 0.1) is 17.8 Å². The summed E-state index contributed by atoms with van der Waals surface area (Å²) in [6.07, 6.45) is 3.62. The van der Waals surface area contributed by atoms with Crippen molar-refractivity contribution in [3.63, 3.8) is 0 Å². The lowest BCUT2D eigenvalue weighted by Crippen LogP contribution is -2.63. The van der Waals surface area contributed by atoms with Gasteiger partial charge in [-0.25, -0.2) is 17.9 Å². The maximum absolute atomic E-state index is 12.7. The van der Waals surface area contributed by atoms with Crippen LogP contribution in [0.5, 0.6) is 0 Å². The summed E-state index contributed by atoms with van der Waals surface area (Å²) in [5.74, 6) is 5.16. The van der Waals surface area contributed by atoms with Gasteiger partial charge in [-0.1, -0.05) is 12.8 Å². The van der Waals surface area contributed by atoms with Crippen molar-refractivity contribution in [3.05, 3.63) is 0 Å². The Labute approximate surface area is 155 Å². The van der Waals surface area contributed by atoms with Crippen LogP contribution in [-0.2, 0) is 14.8 Å². The second kappa shape index (κ2) is 6.86. The van der Waals surface area contributed by atoms with Gasteiger partial charge in [-0.2, -0.15) is 0 Å². The molecular weight excluding hydrogens is 354 g/mol. The monoisotopic (exact) mass is 381 g/mol. The summed E-state index contributed by atoms with van der Waals surface area (Å²) in [6, 6.07) is -0.605. The topological polar surface area (TPSA) is 86.8 Å². The highest BCUT2D eigenvalue weighted by atomic mass is 32.2. The molecule has 0 bridgehead atoms. The normalized spacial score (nSPS) is 30.5. The van der Waals surface area contributed by atoms with Crippen molar-refractivity contribution in [2.45, 2.75) is 69.2 Å². The first-order chi connectivity index (χ1) is 12.2. The highest BCUT2D eigenvalue weighted by molar-refractivity contribution is 7.90. The van der Waals surface area contributed by atoms with Crippen molar-refractivity contribution >= 4 is 22.0 Å². The van der Waals surface area contributed by atoms with Crippen LogP contribution in [0.2, 0.25) is 0 Å². The quantitative estimate of drug-likeness (QED) is 0.744. The lowest BCUT2D eigenvalue weighted by atomic mass is 9.81. The standard InChI is InChI=1S/C18H27N3O4S/c1-4-5-6-11-21-15-8-7-13(26(24,25)19-18(2)9-10-18)12-14(15)16(22)20(3)17(21)23/h13-15,19H,4,7-12H2,1-3H3. The van der Waals surface area contributed by atoms with Gasteiger partial charge in [-0.05, 0) is 39.0 Å². The average Bonchev–Trinajstić information content (AvgIpc) is 3.31. The van der Waals surface area contributed by atoms with Crippen LogP contribution in [0.1, 0.15) is 52.4 Å². The first-order valence-electron chi connectivity index (χ1n) is 9.25. The van der Waals surface area contributed by atoms with Gasteiger partial charge in [0.25, 0.3) is 0 Å². The Morgan fingerprint density at radius 2 is 1.92 bits per heavy atom. The van der Waals surface area contributed by atoms with Crippen molar-refractivity contribution in [2.24, 2.45) is 5.92 Å². The Hall–Kier alpha value is -1.59. The van der Waals surface area contributed by atoms with Crippen molar-refractivity contribution in [1.29, 1.82) is 0 Å². The molecule has 0 aromatic rings. The van der Waals surface area contributed by atoms with E-state index in [-0.39, 0.29) is 36.5 Å². The Bertz CT molecular complexity index is 763. The zero-order valence-electron chi connectivity index (χ0n) is 15.6.